The number of carbonyl (C=O) groups is 1. The summed E-state index contributed by atoms with van der Waals surface area (Å²) in [5, 5.41) is 2.65. The maximum absolute atomic E-state index is 12.5. The third kappa shape index (κ3) is 3.15. The van der Waals surface area contributed by atoms with Gasteiger partial charge in [-0.2, -0.15) is 0 Å². The molecule has 0 aromatic carbocycles. The van der Waals surface area contributed by atoms with E-state index in [1.165, 1.54) is 30.6 Å². The van der Waals surface area contributed by atoms with Gasteiger partial charge in [-0.3, -0.25) is 4.79 Å². The van der Waals surface area contributed by atoms with Gasteiger partial charge in [0.05, 0.1) is 6.04 Å². The lowest BCUT2D eigenvalue weighted by molar-refractivity contribution is 0.0623. The first-order valence-electron chi connectivity index (χ1n) is 6.99. The average Bonchev–Trinajstić information content (AvgIpc) is 2.87. The Morgan fingerprint density at radius 3 is 2.79 bits per heavy atom. The summed E-state index contributed by atoms with van der Waals surface area (Å²) in [6.45, 7) is 4.13. The molecule has 1 aliphatic carbocycles. The number of thiazole rings is 1. The first-order chi connectivity index (χ1) is 9.00. The summed E-state index contributed by atoms with van der Waals surface area (Å²) < 4.78 is 0. The molecule has 0 radical (unpaired) electrons. The van der Waals surface area contributed by atoms with E-state index in [9.17, 15) is 4.79 Å². The van der Waals surface area contributed by atoms with E-state index in [-0.39, 0.29) is 11.9 Å². The van der Waals surface area contributed by atoms with Crippen molar-refractivity contribution in [2.45, 2.75) is 51.6 Å². The number of amides is 1. The minimum atomic E-state index is -0.106. The normalized spacial score (nSPS) is 25.1. The van der Waals surface area contributed by atoms with Crippen molar-refractivity contribution in [2.75, 3.05) is 7.05 Å². The van der Waals surface area contributed by atoms with E-state index < -0.39 is 0 Å². The molecule has 0 saturated heterocycles. The highest BCUT2D eigenvalue weighted by atomic mass is 32.1. The number of carbonyl (C=O) groups excluding carboxylic acids is 1. The Hall–Kier alpha value is -0.940. The van der Waals surface area contributed by atoms with Crippen molar-refractivity contribution in [3.8, 4) is 0 Å². The Morgan fingerprint density at radius 1 is 1.53 bits per heavy atom. The standard InChI is InChI=1S/C14H23N3OS/c1-9-6-4-5-7-12(9)17(3)14(18)11-8-19-13(16-11)10(2)15/h8-10,12H,4-7,15H2,1-3H3. The molecule has 0 spiro atoms. The SMILES string of the molecule is CC(N)c1nc(C(=O)N(C)C2CCCCC2C)cs1. The van der Waals surface area contributed by atoms with E-state index >= 15 is 0 Å². The molecule has 1 heterocycles. The lowest BCUT2D eigenvalue weighted by atomic mass is 9.85. The fraction of sp³-hybridized carbons (Fsp3) is 0.714. The van der Waals surface area contributed by atoms with E-state index in [1.807, 2.05) is 24.3 Å². The van der Waals surface area contributed by atoms with Crippen molar-refractivity contribution >= 4 is 17.2 Å². The van der Waals surface area contributed by atoms with Crippen molar-refractivity contribution in [1.82, 2.24) is 9.88 Å². The van der Waals surface area contributed by atoms with Crippen molar-refractivity contribution in [1.29, 1.82) is 0 Å². The fourth-order valence-corrected chi connectivity index (χ4v) is 3.55. The largest absolute Gasteiger partial charge is 0.337 e. The quantitative estimate of drug-likeness (QED) is 0.926. The van der Waals surface area contributed by atoms with E-state index in [0.717, 1.165) is 11.4 Å². The molecule has 1 saturated carbocycles. The minimum Gasteiger partial charge on any atom is -0.337 e. The lowest BCUT2D eigenvalue weighted by Gasteiger charge is -2.35. The number of hydrogen-bond acceptors (Lipinski definition) is 4. The van der Waals surface area contributed by atoms with Gasteiger partial charge in [-0.1, -0.05) is 19.8 Å². The van der Waals surface area contributed by atoms with Gasteiger partial charge in [-0.25, -0.2) is 4.98 Å². The van der Waals surface area contributed by atoms with Crippen LogP contribution in [0.2, 0.25) is 0 Å². The molecule has 1 aromatic rings. The van der Waals surface area contributed by atoms with E-state index in [2.05, 4.69) is 11.9 Å². The third-order valence-corrected chi connectivity index (χ3v) is 5.06. The molecule has 1 aromatic heterocycles. The maximum Gasteiger partial charge on any atom is 0.273 e. The number of nitrogens with two attached hydrogens (primary N) is 1. The van der Waals surface area contributed by atoms with Crippen LogP contribution in [-0.4, -0.2) is 28.9 Å². The fourth-order valence-electron chi connectivity index (χ4n) is 2.80. The Morgan fingerprint density at radius 2 is 2.21 bits per heavy atom. The second kappa shape index (κ2) is 6.01. The summed E-state index contributed by atoms with van der Waals surface area (Å²) in [6, 6.07) is 0.243. The van der Waals surface area contributed by atoms with Crippen LogP contribution in [0.4, 0.5) is 0 Å². The van der Waals surface area contributed by atoms with Crippen LogP contribution in [0.5, 0.6) is 0 Å². The molecule has 0 bridgehead atoms. The van der Waals surface area contributed by atoms with Crippen LogP contribution in [0.3, 0.4) is 0 Å². The number of nitrogens with zero attached hydrogens (tertiary/aromatic N) is 2. The van der Waals surface area contributed by atoms with Crippen LogP contribution in [0.1, 0.15) is 61.1 Å². The molecule has 4 nitrogen and oxygen atoms in total. The zero-order valence-corrected chi connectivity index (χ0v) is 12.7. The first kappa shape index (κ1) is 14.5. The number of hydrogen-bond donors (Lipinski definition) is 1. The van der Waals surface area contributed by atoms with Gasteiger partial charge in [0.2, 0.25) is 0 Å². The van der Waals surface area contributed by atoms with Gasteiger partial charge in [0.1, 0.15) is 10.7 Å². The Balaban J connectivity index is 2.09. The minimum absolute atomic E-state index is 0.0295. The van der Waals surface area contributed by atoms with Gasteiger partial charge in [-0.05, 0) is 25.7 Å². The topological polar surface area (TPSA) is 59.2 Å². The molecule has 19 heavy (non-hydrogen) atoms. The van der Waals surface area contributed by atoms with Crippen molar-refractivity contribution in [3.63, 3.8) is 0 Å². The summed E-state index contributed by atoms with van der Waals surface area (Å²) in [7, 11) is 1.90. The summed E-state index contributed by atoms with van der Waals surface area (Å²) in [4.78, 5) is 18.7. The van der Waals surface area contributed by atoms with Gasteiger partial charge in [0.25, 0.3) is 5.91 Å². The van der Waals surface area contributed by atoms with Gasteiger partial charge in [0, 0.05) is 18.5 Å². The first-order valence-corrected chi connectivity index (χ1v) is 7.87. The maximum atomic E-state index is 12.5. The molecule has 3 atom stereocenters. The van der Waals surface area contributed by atoms with Gasteiger partial charge < -0.3 is 10.6 Å². The highest BCUT2D eigenvalue weighted by Crippen LogP contribution is 2.28. The lowest BCUT2D eigenvalue weighted by Crippen LogP contribution is -2.42. The molecule has 1 fully saturated rings. The summed E-state index contributed by atoms with van der Waals surface area (Å²) in [5.41, 5.74) is 6.33. The zero-order valence-electron chi connectivity index (χ0n) is 11.9. The second-order valence-corrected chi connectivity index (χ2v) is 6.49. The summed E-state index contributed by atoms with van der Waals surface area (Å²) >= 11 is 1.47. The van der Waals surface area contributed by atoms with Crippen LogP contribution in [0, 0.1) is 5.92 Å². The van der Waals surface area contributed by atoms with Crippen molar-refractivity contribution < 1.29 is 4.79 Å². The van der Waals surface area contributed by atoms with Crippen LogP contribution in [0.25, 0.3) is 0 Å². The average molecular weight is 281 g/mol. The third-order valence-electron chi connectivity index (χ3n) is 4.01. The monoisotopic (exact) mass is 281 g/mol. The smallest absolute Gasteiger partial charge is 0.273 e. The molecule has 1 amide bonds. The van der Waals surface area contributed by atoms with Crippen LogP contribution >= 0.6 is 11.3 Å². The highest BCUT2D eigenvalue weighted by Gasteiger charge is 2.29. The van der Waals surface area contributed by atoms with Crippen molar-refractivity contribution in [2.24, 2.45) is 11.7 Å². The molecule has 0 aliphatic heterocycles. The molecule has 2 rings (SSSR count). The van der Waals surface area contributed by atoms with E-state index in [4.69, 9.17) is 5.73 Å². The van der Waals surface area contributed by atoms with Crippen LogP contribution < -0.4 is 5.73 Å². The predicted octanol–water partition coefficient (Wildman–Crippen LogP) is 2.81. The number of rotatable bonds is 3. The second-order valence-electron chi connectivity index (χ2n) is 5.60. The molecule has 3 unspecified atom stereocenters. The Labute approximate surface area is 119 Å². The Bertz CT molecular complexity index is 444. The highest BCUT2D eigenvalue weighted by molar-refractivity contribution is 7.09. The zero-order chi connectivity index (χ0) is 14.0. The summed E-state index contributed by atoms with van der Waals surface area (Å²) in [5.74, 6) is 0.608. The number of aromatic nitrogens is 1. The van der Waals surface area contributed by atoms with E-state index in [1.54, 1.807) is 0 Å². The molecular formula is C14H23N3OS. The Kier molecular flexibility index (Phi) is 4.58. The molecular weight excluding hydrogens is 258 g/mol. The molecule has 2 N–H and O–H groups in total. The van der Waals surface area contributed by atoms with Crippen molar-refractivity contribution in [3.05, 3.63) is 16.1 Å². The van der Waals surface area contributed by atoms with E-state index in [0.29, 0.717) is 17.7 Å². The molecule has 106 valence electrons. The van der Waals surface area contributed by atoms with Gasteiger partial charge in [0.15, 0.2) is 0 Å². The van der Waals surface area contributed by atoms with Crippen LogP contribution in [0.15, 0.2) is 5.38 Å². The van der Waals surface area contributed by atoms with Gasteiger partial charge in [-0.15, -0.1) is 11.3 Å². The summed E-state index contributed by atoms with van der Waals surface area (Å²) in [6.07, 6.45) is 4.82. The molecule has 1 aliphatic rings. The van der Waals surface area contributed by atoms with Gasteiger partial charge >= 0.3 is 0 Å². The predicted molar refractivity (Wildman–Crippen MR) is 78.2 cm³/mol. The molecule has 5 heteroatoms. The van der Waals surface area contributed by atoms with Crippen LogP contribution in [-0.2, 0) is 0 Å².